The van der Waals surface area contributed by atoms with Crippen LogP contribution >= 0.6 is 12.2 Å². The molecule has 0 aliphatic heterocycles. The van der Waals surface area contributed by atoms with E-state index in [1.807, 2.05) is 18.2 Å². The van der Waals surface area contributed by atoms with E-state index < -0.39 is 0 Å². The van der Waals surface area contributed by atoms with Gasteiger partial charge in [0.2, 0.25) is 0 Å². The highest BCUT2D eigenvalue weighted by Crippen LogP contribution is 2.00. The Morgan fingerprint density at radius 3 is 2.44 bits per heavy atom. The molecule has 0 fully saturated rings. The molecule has 0 aliphatic carbocycles. The molecule has 0 aliphatic rings. The van der Waals surface area contributed by atoms with Crippen LogP contribution in [0.15, 0.2) is 54.9 Å². The standard InChI is InChI=1S/C15H16N2S/c18-15(12-14-6-9-16-10-7-14)17-11-8-13-4-2-1-3-5-13/h1-7,9-10H,8,11-12H2,(H,17,18). The molecule has 0 atom stereocenters. The van der Waals surface area contributed by atoms with E-state index in [0.717, 1.165) is 24.4 Å². The Morgan fingerprint density at radius 1 is 1.00 bits per heavy atom. The third-order valence-electron chi connectivity index (χ3n) is 2.69. The number of hydrogen-bond donors (Lipinski definition) is 1. The van der Waals surface area contributed by atoms with Gasteiger partial charge in [0.05, 0.1) is 4.99 Å². The maximum atomic E-state index is 5.32. The van der Waals surface area contributed by atoms with E-state index in [-0.39, 0.29) is 0 Å². The highest BCUT2D eigenvalue weighted by Gasteiger charge is 1.98. The van der Waals surface area contributed by atoms with Crippen LogP contribution in [0.3, 0.4) is 0 Å². The van der Waals surface area contributed by atoms with Crippen LogP contribution in [-0.2, 0) is 12.8 Å². The van der Waals surface area contributed by atoms with Gasteiger partial charge in [-0.15, -0.1) is 0 Å². The number of aromatic nitrogens is 1. The average Bonchev–Trinajstić information content (AvgIpc) is 2.41. The zero-order valence-corrected chi connectivity index (χ0v) is 11.0. The highest BCUT2D eigenvalue weighted by molar-refractivity contribution is 7.80. The zero-order chi connectivity index (χ0) is 12.6. The lowest BCUT2D eigenvalue weighted by Gasteiger charge is -2.07. The third kappa shape index (κ3) is 4.26. The summed E-state index contributed by atoms with van der Waals surface area (Å²) >= 11 is 5.32. The zero-order valence-electron chi connectivity index (χ0n) is 10.2. The summed E-state index contributed by atoms with van der Waals surface area (Å²) in [6.07, 6.45) is 5.37. The second-order valence-electron chi connectivity index (χ2n) is 4.12. The van der Waals surface area contributed by atoms with E-state index in [9.17, 15) is 0 Å². The van der Waals surface area contributed by atoms with Crippen molar-refractivity contribution >= 4 is 17.2 Å². The average molecular weight is 256 g/mol. The Labute approximate surface area is 113 Å². The minimum Gasteiger partial charge on any atom is -0.379 e. The number of thiocarbonyl (C=S) groups is 1. The monoisotopic (exact) mass is 256 g/mol. The van der Waals surface area contributed by atoms with Gasteiger partial charge in [-0.2, -0.15) is 0 Å². The van der Waals surface area contributed by atoms with E-state index in [0.29, 0.717) is 0 Å². The lowest BCUT2D eigenvalue weighted by atomic mass is 10.1. The predicted octanol–water partition coefficient (Wildman–Crippen LogP) is 2.78. The number of hydrogen-bond acceptors (Lipinski definition) is 2. The molecule has 2 nitrogen and oxygen atoms in total. The van der Waals surface area contributed by atoms with Gasteiger partial charge in [-0.05, 0) is 29.7 Å². The summed E-state index contributed by atoms with van der Waals surface area (Å²) in [4.78, 5) is 4.88. The molecule has 1 heterocycles. The molecular formula is C15H16N2S. The summed E-state index contributed by atoms with van der Waals surface area (Å²) in [6, 6.07) is 14.4. The summed E-state index contributed by atoms with van der Waals surface area (Å²) in [5.74, 6) is 0. The number of benzene rings is 1. The molecule has 1 N–H and O–H groups in total. The van der Waals surface area contributed by atoms with Crippen molar-refractivity contribution < 1.29 is 0 Å². The third-order valence-corrected chi connectivity index (χ3v) is 2.98. The minimum atomic E-state index is 0.784. The highest BCUT2D eigenvalue weighted by atomic mass is 32.1. The predicted molar refractivity (Wildman–Crippen MR) is 78.7 cm³/mol. The molecule has 0 radical (unpaired) electrons. The second kappa shape index (κ2) is 6.87. The van der Waals surface area contributed by atoms with Crippen molar-refractivity contribution in [1.82, 2.24) is 10.3 Å². The molecular weight excluding hydrogens is 240 g/mol. The fourth-order valence-corrected chi connectivity index (χ4v) is 2.01. The molecule has 2 rings (SSSR count). The fourth-order valence-electron chi connectivity index (χ4n) is 1.74. The van der Waals surface area contributed by atoms with Crippen LogP contribution in [0.5, 0.6) is 0 Å². The summed E-state index contributed by atoms with van der Waals surface area (Å²) in [5, 5.41) is 3.29. The van der Waals surface area contributed by atoms with Gasteiger partial charge >= 0.3 is 0 Å². The van der Waals surface area contributed by atoms with Crippen molar-refractivity contribution in [2.75, 3.05) is 6.54 Å². The fraction of sp³-hybridized carbons (Fsp3) is 0.200. The molecule has 0 saturated carbocycles. The van der Waals surface area contributed by atoms with Crippen molar-refractivity contribution in [3.8, 4) is 0 Å². The van der Waals surface area contributed by atoms with E-state index >= 15 is 0 Å². The molecule has 0 unspecified atom stereocenters. The molecule has 92 valence electrons. The normalized spacial score (nSPS) is 10.0. The minimum absolute atomic E-state index is 0.784. The molecule has 1 aromatic heterocycles. The van der Waals surface area contributed by atoms with Crippen LogP contribution in [-0.4, -0.2) is 16.5 Å². The van der Waals surface area contributed by atoms with E-state index in [2.05, 4.69) is 34.6 Å². The van der Waals surface area contributed by atoms with E-state index in [1.54, 1.807) is 12.4 Å². The van der Waals surface area contributed by atoms with Crippen LogP contribution in [0, 0.1) is 0 Å². The molecule has 2 aromatic rings. The van der Waals surface area contributed by atoms with E-state index in [4.69, 9.17) is 12.2 Å². The van der Waals surface area contributed by atoms with Crippen molar-refractivity contribution in [2.45, 2.75) is 12.8 Å². The Balaban J connectivity index is 1.73. The van der Waals surface area contributed by atoms with Crippen molar-refractivity contribution in [3.05, 3.63) is 66.0 Å². The van der Waals surface area contributed by atoms with Crippen molar-refractivity contribution in [2.24, 2.45) is 0 Å². The van der Waals surface area contributed by atoms with Gasteiger partial charge in [-0.1, -0.05) is 42.5 Å². The second-order valence-corrected chi connectivity index (χ2v) is 4.61. The first-order valence-electron chi connectivity index (χ1n) is 6.04. The Kier molecular flexibility index (Phi) is 4.85. The Bertz CT molecular complexity index is 482. The first-order chi connectivity index (χ1) is 8.84. The largest absolute Gasteiger partial charge is 0.379 e. The summed E-state index contributed by atoms with van der Waals surface area (Å²) in [7, 11) is 0. The van der Waals surface area contributed by atoms with Crippen LogP contribution in [0.2, 0.25) is 0 Å². The van der Waals surface area contributed by atoms with Gasteiger partial charge in [0.25, 0.3) is 0 Å². The molecule has 0 saturated heterocycles. The summed E-state index contributed by atoms with van der Waals surface area (Å²) < 4.78 is 0. The number of nitrogens with one attached hydrogen (secondary N) is 1. The van der Waals surface area contributed by atoms with Crippen LogP contribution in [0.1, 0.15) is 11.1 Å². The van der Waals surface area contributed by atoms with E-state index in [1.165, 1.54) is 11.1 Å². The summed E-state index contributed by atoms with van der Waals surface area (Å²) in [6.45, 7) is 0.883. The Hall–Kier alpha value is -1.74. The van der Waals surface area contributed by atoms with Gasteiger partial charge < -0.3 is 5.32 Å². The lowest BCUT2D eigenvalue weighted by Crippen LogP contribution is -2.25. The molecule has 18 heavy (non-hydrogen) atoms. The first kappa shape index (κ1) is 12.7. The molecule has 0 spiro atoms. The smallest absolute Gasteiger partial charge is 0.0797 e. The van der Waals surface area contributed by atoms with Crippen LogP contribution < -0.4 is 5.32 Å². The summed E-state index contributed by atoms with van der Waals surface area (Å²) in [5.41, 5.74) is 2.53. The number of pyridine rings is 1. The van der Waals surface area contributed by atoms with Crippen molar-refractivity contribution in [1.29, 1.82) is 0 Å². The Morgan fingerprint density at radius 2 is 1.72 bits per heavy atom. The lowest BCUT2D eigenvalue weighted by molar-refractivity contribution is 0.864. The SMILES string of the molecule is S=C(Cc1ccncc1)NCCc1ccccc1. The maximum Gasteiger partial charge on any atom is 0.0797 e. The molecule has 0 bridgehead atoms. The van der Waals surface area contributed by atoms with Gasteiger partial charge in [0, 0.05) is 25.4 Å². The molecule has 1 aromatic carbocycles. The quantitative estimate of drug-likeness (QED) is 0.833. The molecule has 3 heteroatoms. The van der Waals surface area contributed by atoms with Crippen molar-refractivity contribution in [3.63, 3.8) is 0 Å². The number of rotatable bonds is 5. The van der Waals surface area contributed by atoms with Crippen LogP contribution in [0.25, 0.3) is 0 Å². The number of nitrogens with zero attached hydrogens (tertiary/aromatic N) is 1. The van der Waals surface area contributed by atoms with Gasteiger partial charge in [0.1, 0.15) is 0 Å². The maximum absolute atomic E-state index is 5.32. The van der Waals surface area contributed by atoms with Gasteiger partial charge in [0.15, 0.2) is 0 Å². The molecule has 0 amide bonds. The van der Waals surface area contributed by atoms with Gasteiger partial charge in [-0.3, -0.25) is 4.98 Å². The van der Waals surface area contributed by atoms with Gasteiger partial charge in [-0.25, -0.2) is 0 Å². The topological polar surface area (TPSA) is 24.9 Å². The van der Waals surface area contributed by atoms with Crippen LogP contribution in [0.4, 0.5) is 0 Å². The first-order valence-corrected chi connectivity index (χ1v) is 6.45.